The van der Waals surface area contributed by atoms with Crippen LogP contribution in [0.25, 0.3) is 6.08 Å². The van der Waals surface area contributed by atoms with E-state index in [-0.39, 0.29) is 11.0 Å². The summed E-state index contributed by atoms with van der Waals surface area (Å²) in [5.74, 6) is -0.361. The van der Waals surface area contributed by atoms with Gasteiger partial charge in [-0.3, -0.25) is 10.1 Å². The molecule has 0 radical (unpaired) electrons. The number of nitriles is 1. The Hall–Kier alpha value is -2.20. The molecule has 0 fully saturated rings. The van der Waals surface area contributed by atoms with Gasteiger partial charge in [0.25, 0.3) is 0 Å². The van der Waals surface area contributed by atoms with Crippen LogP contribution >= 0.6 is 35.2 Å². The maximum absolute atomic E-state index is 12.0. The van der Waals surface area contributed by atoms with Gasteiger partial charge >= 0.3 is 0 Å². The first-order chi connectivity index (χ1) is 12.1. The molecule has 25 heavy (non-hydrogen) atoms. The topological polar surface area (TPSA) is 64.9 Å². The highest BCUT2D eigenvalue weighted by atomic mass is 35.5. The molecule has 7 heteroatoms. The quantitative estimate of drug-likeness (QED) is 0.609. The van der Waals surface area contributed by atoms with Gasteiger partial charge in [-0.15, -0.1) is 11.3 Å². The number of rotatable bonds is 3. The minimum absolute atomic E-state index is 0.172. The zero-order valence-corrected chi connectivity index (χ0v) is 15.5. The second-order valence-electron chi connectivity index (χ2n) is 5.47. The molecule has 1 aliphatic carbocycles. The van der Waals surface area contributed by atoms with E-state index < -0.39 is 0 Å². The Bertz CT molecular complexity index is 912. The number of anilines is 1. The Kier molecular flexibility index (Phi) is 5.49. The number of nitrogens with zero attached hydrogens (tertiary/aromatic N) is 1. The van der Waals surface area contributed by atoms with Crippen molar-refractivity contribution >= 4 is 57.3 Å². The van der Waals surface area contributed by atoms with Crippen LogP contribution < -0.4 is 10.6 Å². The van der Waals surface area contributed by atoms with Crippen molar-refractivity contribution in [2.24, 2.45) is 0 Å². The Morgan fingerprint density at radius 2 is 2.16 bits per heavy atom. The van der Waals surface area contributed by atoms with E-state index in [0.717, 1.165) is 30.4 Å². The fourth-order valence-electron chi connectivity index (χ4n) is 2.67. The monoisotopic (exact) mass is 387 g/mol. The highest BCUT2D eigenvalue weighted by Crippen LogP contribution is 2.38. The fourth-order valence-corrected chi connectivity index (χ4v) is 4.38. The summed E-state index contributed by atoms with van der Waals surface area (Å²) in [4.78, 5) is 13.2. The number of hydrogen-bond acceptors (Lipinski definition) is 4. The van der Waals surface area contributed by atoms with Gasteiger partial charge in [-0.2, -0.15) is 5.26 Å². The molecule has 2 aromatic rings. The third-order valence-corrected chi connectivity index (χ3v) is 5.57. The van der Waals surface area contributed by atoms with Gasteiger partial charge in [-0.25, -0.2) is 0 Å². The fraction of sp³-hybridized carbons (Fsp3) is 0.167. The van der Waals surface area contributed by atoms with Crippen molar-refractivity contribution in [2.45, 2.75) is 19.3 Å². The van der Waals surface area contributed by atoms with E-state index in [4.69, 9.17) is 23.8 Å². The number of carbonyl (C=O) groups excluding carboxylic acids is 1. The summed E-state index contributed by atoms with van der Waals surface area (Å²) >= 11 is 12.8. The van der Waals surface area contributed by atoms with Gasteiger partial charge in [0, 0.05) is 16.0 Å². The molecule has 1 aromatic heterocycles. The number of amides is 1. The second-order valence-corrected chi connectivity index (χ2v) is 7.39. The number of benzene rings is 1. The smallest absolute Gasteiger partial charge is 0.250 e. The third-order valence-electron chi connectivity index (χ3n) is 3.82. The lowest BCUT2D eigenvalue weighted by Crippen LogP contribution is -2.32. The molecule has 0 aliphatic heterocycles. The molecule has 1 aliphatic rings. The molecule has 0 bridgehead atoms. The minimum Gasteiger partial charge on any atom is -0.323 e. The molecular weight excluding hydrogens is 374 g/mol. The van der Waals surface area contributed by atoms with E-state index in [0.29, 0.717) is 15.6 Å². The van der Waals surface area contributed by atoms with Crippen molar-refractivity contribution in [1.29, 1.82) is 5.26 Å². The average molecular weight is 388 g/mol. The second kappa shape index (κ2) is 7.79. The van der Waals surface area contributed by atoms with Crippen LogP contribution in [0.4, 0.5) is 5.00 Å². The molecule has 0 spiro atoms. The van der Waals surface area contributed by atoms with Crippen molar-refractivity contribution < 1.29 is 4.79 Å². The summed E-state index contributed by atoms with van der Waals surface area (Å²) in [5, 5.41) is 16.4. The van der Waals surface area contributed by atoms with Crippen molar-refractivity contribution in [3.8, 4) is 6.07 Å². The molecule has 0 saturated carbocycles. The Morgan fingerprint density at radius 1 is 1.36 bits per heavy atom. The Labute approximate surface area is 160 Å². The number of halogens is 1. The van der Waals surface area contributed by atoms with Crippen LogP contribution in [0.2, 0.25) is 5.02 Å². The van der Waals surface area contributed by atoms with E-state index in [1.54, 1.807) is 12.1 Å². The van der Waals surface area contributed by atoms with Gasteiger partial charge in [0.2, 0.25) is 5.91 Å². The van der Waals surface area contributed by atoms with Gasteiger partial charge in [0.1, 0.15) is 11.1 Å². The largest absolute Gasteiger partial charge is 0.323 e. The number of thiocarbonyl (C=S) groups is 1. The lowest BCUT2D eigenvalue weighted by Gasteiger charge is -2.07. The predicted octanol–water partition coefficient (Wildman–Crippen LogP) is 4.29. The summed E-state index contributed by atoms with van der Waals surface area (Å²) < 4.78 is 0. The molecule has 1 aromatic carbocycles. The van der Waals surface area contributed by atoms with E-state index in [9.17, 15) is 10.1 Å². The predicted molar refractivity (Wildman–Crippen MR) is 106 cm³/mol. The van der Waals surface area contributed by atoms with E-state index in [1.165, 1.54) is 22.3 Å². The van der Waals surface area contributed by atoms with Crippen molar-refractivity contribution in [2.75, 3.05) is 5.32 Å². The van der Waals surface area contributed by atoms with Crippen molar-refractivity contribution in [1.82, 2.24) is 5.32 Å². The molecule has 2 N–H and O–H groups in total. The number of hydrogen-bond donors (Lipinski definition) is 2. The summed E-state index contributed by atoms with van der Waals surface area (Å²) in [5.41, 5.74) is 2.50. The number of thiophene rings is 1. The first-order valence-corrected chi connectivity index (χ1v) is 9.28. The Morgan fingerprint density at radius 3 is 2.92 bits per heavy atom. The molecule has 0 saturated heterocycles. The van der Waals surface area contributed by atoms with E-state index in [2.05, 4.69) is 16.7 Å². The first-order valence-electron chi connectivity index (χ1n) is 7.67. The lowest BCUT2D eigenvalue weighted by molar-refractivity contribution is -0.115. The van der Waals surface area contributed by atoms with Crippen molar-refractivity contribution in [3.63, 3.8) is 0 Å². The van der Waals surface area contributed by atoms with Gasteiger partial charge < -0.3 is 5.32 Å². The lowest BCUT2D eigenvalue weighted by atomic mass is 10.1. The standard InChI is InChI=1S/C18H14ClN3OS2/c19-14-6-2-1-4-11(14)8-9-16(23)21-18(24)22-17-13(10-20)12-5-3-7-15(12)25-17/h1-2,4,6,8-9H,3,5,7H2,(H2,21,22,23,24)/b9-8+. The van der Waals surface area contributed by atoms with Crippen LogP contribution in [0.1, 0.15) is 28.0 Å². The first kappa shape index (κ1) is 17.6. The molecule has 1 heterocycles. The third kappa shape index (κ3) is 4.07. The van der Waals surface area contributed by atoms with Crippen LogP contribution in [0.3, 0.4) is 0 Å². The molecule has 3 rings (SSSR count). The average Bonchev–Trinajstić information content (AvgIpc) is 3.14. The SMILES string of the molecule is N#Cc1c(NC(=S)NC(=O)/C=C/c2ccccc2Cl)sc2c1CCC2. The van der Waals surface area contributed by atoms with Crippen LogP contribution in [0.15, 0.2) is 30.3 Å². The van der Waals surface area contributed by atoms with Gasteiger partial charge in [-0.1, -0.05) is 29.8 Å². The Balaban J connectivity index is 1.63. The van der Waals surface area contributed by atoms with E-state index in [1.807, 2.05) is 18.2 Å². The van der Waals surface area contributed by atoms with Gasteiger partial charge in [0.15, 0.2) is 5.11 Å². The number of aryl methyl sites for hydroxylation is 1. The summed E-state index contributed by atoms with van der Waals surface area (Å²) in [7, 11) is 0. The molecule has 4 nitrogen and oxygen atoms in total. The molecule has 1 amide bonds. The zero-order valence-electron chi connectivity index (χ0n) is 13.1. The zero-order chi connectivity index (χ0) is 17.8. The summed E-state index contributed by atoms with van der Waals surface area (Å²) in [6.07, 6.45) is 6.01. The van der Waals surface area contributed by atoms with Crippen molar-refractivity contribution in [3.05, 3.63) is 56.9 Å². The summed E-state index contributed by atoms with van der Waals surface area (Å²) in [6, 6.07) is 9.47. The maximum atomic E-state index is 12.0. The number of carbonyl (C=O) groups is 1. The minimum atomic E-state index is -0.361. The highest BCUT2D eigenvalue weighted by molar-refractivity contribution is 7.80. The van der Waals surface area contributed by atoms with Gasteiger partial charge in [0.05, 0.1) is 5.56 Å². The highest BCUT2D eigenvalue weighted by Gasteiger charge is 2.22. The number of nitrogens with one attached hydrogen (secondary N) is 2. The molecule has 0 atom stereocenters. The van der Waals surface area contributed by atoms with Crippen LogP contribution in [0, 0.1) is 11.3 Å². The molecular formula is C18H14ClN3OS2. The van der Waals surface area contributed by atoms with Crippen LogP contribution in [0.5, 0.6) is 0 Å². The summed E-state index contributed by atoms with van der Waals surface area (Å²) in [6.45, 7) is 0. The van der Waals surface area contributed by atoms with Gasteiger partial charge in [-0.05, 0) is 54.7 Å². The number of fused-ring (bicyclic) bond motifs is 1. The normalized spacial score (nSPS) is 12.6. The van der Waals surface area contributed by atoms with E-state index >= 15 is 0 Å². The maximum Gasteiger partial charge on any atom is 0.250 e. The van der Waals surface area contributed by atoms with Crippen LogP contribution in [-0.2, 0) is 17.6 Å². The van der Waals surface area contributed by atoms with Crippen LogP contribution in [-0.4, -0.2) is 11.0 Å². The molecule has 126 valence electrons. The molecule has 0 unspecified atom stereocenters.